The summed E-state index contributed by atoms with van der Waals surface area (Å²) in [5.41, 5.74) is 3.61. The van der Waals surface area contributed by atoms with Gasteiger partial charge in [-0.05, 0) is 54.4 Å². The minimum absolute atomic E-state index is 0.0910. The zero-order chi connectivity index (χ0) is 23.6. The summed E-state index contributed by atoms with van der Waals surface area (Å²) in [6, 6.07) is 13.9. The monoisotopic (exact) mass is 489 g/mol. The number of hydrazone groups is 1. The number of halogens is 2. The third-order valence-electron chi connectivity index (χ3n) is 4.22. The van der Waals surface area contributed by atoms with E-state index in [0.717, 1.165) is 5.56 Å². The average molecular weight is 490 g/mol. The molecule has 0 bridgehead atoms. The zero-order valence-corrected chi connectivity index (χ0v) is 19.2. The van der Waals surface area contributed by atoms with Crippen molar-refractivity contribution in [1.29, 1.82) is 0 Å². The van der Waals surface area contributed by atoms with Crippen molar-refractivity contribution in [3.8, 4) is 11.5 Å². The van der Waals surface area contributed by atoms with Crippen molar-refractivity contribution in [3.05, 3.63) is 81.7 Å². The number of hydrogen-bond donors (Lipinski definition) is 2. The van der Waals surface area contributed by atoms with E-state index in [1.54, 1.807) is 36.4 Å². The molecule has 1 heterocycles. The quantitative estimate of drug-likeness (QED) is 0.264. The fraction of sp³-hybridized carbons (Fsp3) is 0.174. The number of furan rings is 1. The number of ether oxygens (including phenoxy) is 2. The highest BCUT2D eigenvalue weighted by molar-refractivity contribution is 6.35. The molecule has 0 unspecified atom stereocenters. The van der Waals surface area contributed by atoms with Gasteiger partial charge in [0.05, 0.1) is 30.7 Å². The van der Waals surface area contributed by atoms with Crippen molar-refractivity contribution in [2.75, 3.05) is 6.61 Å². The van der Waals surface area contributed by atoms with Crippen LogP contribution < -0.4 is 20.2 Å². The van der Waals surface area contributed by atoms with E-state index < -0.39 is 11.8 Å². The minimum atomic E-state index is -0.920. The molecule has 0 aliphatic rings. The highest BCUT2D eigenvalue weighted by Crippen LogP contribution is 2.37. The van der Waals surface area contributed by atoms with Crippen LogP contribution in [0.25, 0.3) is 0 Å². The maximum Gasteiger partial charge on any atom is 0.329 e. The number of benzene rings is 2. The second-order valence-electron chi connectivity index (χ2n) is 6.64. The second-order valence-corrected chi connectivity index (χ2v) is 7.48. The van der Waals surface area contributed by atoms with E-state index in [1.165, 1.54) is 12.5 Å². The van der Waals surface area contributed by atoms with Crippen LogP contribution in [-0.4, -0.2) is 24.6 Å². The molecule has 0 spiro atoms. The predicted octanol–water partition coefficient (Wildman–Crippen LogP) is 4.33. The molecule has 2 amide bonds. The Morgan fingerprint density at radius 1 is 1.09 bits per heavy atom. The zero-order valence-electron chi connectivity index (χ0n) is 17.6. The topological polar surface area (TPSA) is 102 Å². The molecule has 8 nitrogen and oxygen atoms in total. The third kappa shape index (κ3) is 7.27. The van der Waals surface area contributed by atoms with Gasteiger partial charge < -0.3 is 19.2 Å². The molecule has 0 atom stereocenters. The first-order valence-corrected chi connectivity index (χ1v) is 10.7. The summed E-state index contributed by atoms with van der Waals surface area (Å²) < 4.78 is 16.6. The minimum Gasteiger partial charge on any atom is -0.490 e. The SMILES string of the molecule is CCOc1cc(/C=N\NC(=O)C(=O)NCc2ccco2)cc(Cl)c1OCc1ccc(Cl)cc1. The van der Waals surface area contributed by atoms with E-state index in [9.17, 15) is 9.59 Å². The van der Waals surface area contributed by atoms with Gasteiger partial charge in [-0.25, -0.2) is 5.43 Å². The lowest BCUT2D eigenvalue weighted by atomic mass is 10.2. The van der Waals surface area contributed by atoms with Gasteiger partial charge in [-0.2, -0.15) is 5.10 Å². The molecular weight excluding hydrogens is 469 g/mol. The molecule has 10 heteroatoms. The molecule has 0 saturated heterocycles. The third-order valence-corrected chi connectivity index (χ3v) is 4.75. The molecule has 3 rings (SSSR count). The molecular formula is C23H21Cl2N3O5. The van der Waals surface area contributed by atoms with Crippen molar-refractivity contribution >= 4 is 41.2 Å². The summed E-state index contributed by atoms with van der Waals surface area (Å²) in [5.74, 6) is -0.439. The highest BCUT2D eigenvalue weighted by atomic mass is 35.5. The number of carbonyl (C=O) groups excluding carboxylic acids is 2. The molecule has 0 fully saturated rings. The summed E-state index contributed by atoms with van der Waals surface area (Å²) in [7, 11) is 0. The lowest BCUT2D eigenvalue weighted by Gasteiger charge is -2.14. The Labute approximate surface area is 200 Å². The molecule has 0 saturated carbocycles. The number of rotatable bonds is 9. The van der Waals surface area contributed by atoms with E-state index in [1.807, 2.05) is 19.1 Å². The van der Waals surface area contributed by atoms with Gasteiger partial charge in [-0.1, -0.05) is 35.3 Å². The van der Waals surface area contributed by atoms with Crippen LogP contribution in [0.15, 0.2) is 64.3 Å². The summed E-state index contributed by atoms with van der Waals surface area (Å²) in [6.07, 6.45) is 2.82. The maximum absolute atomic E-state index is 11.9. The molecule has 33 heavy (non-hydrogen) atoms. The summed E-state index contributed by atoms with van der Waals surface area (Å²) >= 11 is 12.3. The normalized spacial score (nSPS) is 10.8. The van der Waals surface area contributed by atoms with Crippen molar-refractivity contribution < 1.29 is 23.5 Å². The standard InChI is InChI=1S/C23H21Cl2N3O5/c1-2-31-20-11-16(10-19(25)21(20)33-14-15-5-7-17(24)8-6-15)12-27-28-23(30)22(29)26-13-18-4-3-9-32-18/h3-12H,2,13-14H2,1H3,(H,26,29)(H,28,30)/b27-12-. The van der Waals surface area contributed by atoms with Gasteiger partial charge in [0, 0.05) is 5.02 Å². The molecule has 0 aliphatic carbocycles. The van der Waals surface area contributed by atoms with Gasteiger partial charge in [0.2, 0.25) is 0 Å². The van der Waals surface area contributed by atoms with Crippen LogP contribution in [0.4, 0.5) is 0 Å². The average Bonchev–Trinajstić information content (AvgIpc) is 3.32. The van der Waals surface area contributed by atoms with Gasteiger partial charge in [0.1, 0.15) is 12.4 Å². The fourth-order valence-electron chi connectivity index (χ4n) is 2.68. The van der Waals surface area contributed by atoms with Crippen molar-refractivity contribution in [1.82, 2.24) is 10.7 Å². The predicted molar refractivity (Wildman–Crippen MR) is 125 cm³/mol. The lowest BCUT2D eigenvalue weighted by Crippen LogP contribution is -2.37. The lowest BCUT2D eigenvalue weighted by molar-refractivity contribution is -0.139. The van der Waals surface area contributed by atoms with Crippen LogP contribution in [0.2, 0.25) is 10.0 Å². The Morgan fingerprint density at radius 2 is 1.88 bits per heavy atom. The highest BCUT2D eigenvalue weighted by Gasteiger charge is 2.14. The first kappa shape index (κ1) is 24.2. The van der Waals surface area contributed by atoms with Crippen LogP contribution in [0.1, 0.15) is 23.8 Å². The number of carbonyl (C=O) groups is 2. The van der Waals surface area contributed by atoms with E-state index in [2.05, 4.69) is 15.8 Å². The molecule has 1 aromatic heterocycles. The Balaban J connectivity index is 1.61. The van der Waals surface area contributed by atoms with E-state index in [0.29, 0.717) is 39.5 Å². The van der Waals surface area contributed by atoms with Gasteiger partial charge >= 0.3 is 11.8 Å². The van der Waals surface area contributed by atoms with Crippen LogP contribution in [-0.2, 0) is 22.7 Å². The fourth-order valence-corrected chi connectivity index (χ4v) is 3.08. The summed E-state index contributed by atoms with van der Waals surface area (Å²) in [4.78, 5) is 23.7. The first-order valence-electron chi connectivity index (χ1n) is 9.93. The molecule has 172 valence electrons. The number of amides is 2. The van der Waals surface area contributed by atoms with Crippen LogP contribution >= 0.6 is 23.2 Å². The van der Waals surface area contributed by atoms with Gasteiger partial charge in [0.15, 0.2) is 11.5 Å². The van der Waals surface area contributed by atoms with Crippen LogP contribution in [0.5, 0.6) is 11.5 Å². The first-order chi connectivity index (χ1) is 16.0. The van der Waals surface area contributed by atoms with E-state index >= 15 is 0 Å². The van der Waals surface area contributed by atoms with E-state index in [4.69, 9.17) is 37.1 Å². The summed E-state index contributed by atoms with van der Waals surface area (Å²) in [5, 5.41) is 7.17. The Hall–Kier alpha value is -3.49. The molecule has 2 N–H and O–H groups in total. The smallest absolute Gasteiger partial charge is 0.329 e. The van der Waals surface area contributed by atoms with Gasteiger partial charge in [0.25, 0.3) is 0 Å². The second kappa shape index (κ2) is 11.9. The molecule has 0 aliphatic heterocycles. The molecule has 2 aromatic carbocycles. The van der Waals surface area contributed by atoms with Crippen molar-refractivity contribution in [2.24, 2.45) is 5.10 Å². The molecule has 3 aromatic rings. The Morgan fingerprint density at radius 3 is 2.58 bits per heavy atom. The van der Waals surface area contributed by atoms with Crippen molar-refractivity contribution in [3.63, 3.8) is 0 Å². The Bertz CT molecular complexity index is 1120. The van der Waals surface area contributed by atoms with Gasteiger partial charge in [-0.3, -0.25) is 9.59 Å². The number of nitrogens with zero attached hydrogens (tertiary/aromatic N) is 1. The number of hydrogen-bond acceptors (Lipinski definition) is 6. The van der Waals surface area contributed by atoms with Gasteiger partial charge in [-0.15, -0.1) is 0 Å². The largest absolute Gasteiger partial charge is 0.490 e. The van der Waals surface area contributed by atoms with E-state index in [-0.39, 0.29) is 13.2 Å². The number of nitrogens with one attached hydrogen (secondary N) is 2. The van der Waals surface area contributed by atoms with Crippen LogP contribution in [0, 0.1) is 0 Å². The van der Waals surface area contributed by atoms with Crippen molar-refractivity contribution in [2.45, 2.75) is 20.1 Å². The van der Waals surface area contributed by atoms with Crippen LogP contribution in [0.3, 0.4) is 0 Å². The molecule has 0 radical (unpaired) electrons. The summed E-state index contributed by atoms with van der Waals surface area (Å²) in [6.45, 7) is 2.58. The Kier molecular flexibility index (Phi) is 8.74. The maximum atomic E-state index is 11.9.